The fraction of sp³-hybridized carbons (Fsp3) is 0.625. The van der Waals surface area contributed by atoms with Crippen LogP contribution < -0.4 is 5.32 Å². The van der Waals surface area contributed by atoms with E-state index in [9.17, 15) is 0 Å². The molecule has 1 aliphatic rings. The zero-order chi connectivity index (χ0) is 13.7. The second-order valence-electron chi connectivity index (χ2n) is 5.45. The number of hydrogen-bond donors (Lipinski definition) is 1. The van der Waals surface area contributed by atoms with Crippen molar-refractivity contribution in [3.05, 3.63) is 34.3 Å². The molecule has 1 aromatic carbocycles. The lowest BCUT2D eigenvalue weighted by molar-refractivity contribution is 0.163. The maximum absolute atomic E-state index is 6.30. The van der Waals surface area contributed by atoms with Gasteiger partial charge in [-0.25, -0.2) is 0 Å². The van der Waals surface area contributed by atoms with Crippen LogP contribution in [0, 0.1) is 6.92 Å². The molecule has 1 atom stereocenters. The molecule has 1 aliphatic heterocycles. The van der Waals surface area contributed by atoms with E-state index in [-0.39, 0.29) is 0 Å². The molecule has 1 heterocycles. The molecule has 0 amide bonds. The number of hydrogen-bond acceptors (Lipinski definition) is 2. The maximum Gasteiger partial charge on any atom is 0.0438 e. The largest absolute Gasteiger partial charge is 0.314 e. The molecule has 0 aliphatic carbocycles. The predicted molar refractivity (Wildman–Crippen MR) is 82.9 cm³/mol. The van der Waals surface area contributed by atoms with Crippen molar-refractivity contribution in [2.45, 2.75) is 39.2 Å². The van der Waals surface area contributed by atoms with Crippen molar-refractivity contribution in [1.82, 2.24) is 10.2 Å². The summed E-state index contributed by atoms with van der Waals surface area (Å²) in [5.41, 5.74) is 2.55. The number of rotatable bonds is 5. The molecular weight excluding hydrogens is 256 g/mol. The Morgan fingerprint density at radius 1 is 1.32 bits per heavy atom. The number of halogens is 1. The van der Waals surface area contributed by atoms with E-state index >= 15 is 0 Å². The molecule has 3 heteroatoms. The number of benzene rings is 1. The molecule has 0 spiro atoms. The fourth-order valence-electron chi connectivity index (χ4n) is 2.77. The molecule has 106 valence electrons. The average Bonchev–Trinajstić information content (AvgIpc) is 2.44. The van der Waals surface area contributed by atoms with Gasteiger partial charge in [-0.1, -0.05) is 43.5 Å². The van der Waals surface area contributed by atoms with Crippen LogP contribution in [0.4, 0.5) is 0 Å². The quantitative estimate of drug-likeness (QED) is 0.883. The normalized spacial score (nSPS) is 18.5. The molecule has 2 nitrogen and oxygen atoms in total. The van der Waals surface area contributed by atoms with Crippen LogP contribution in [0.5, 0.6) is 0 Å². The van der Waals surface area contributed by atoms with E-state index in [0.717, 1.165) is 31.2 Å². The molecule has 2 rings (SSSR count). The van der Waals surface area contributed by atoms with Crippen molar-refractivity contribution >= 4 is 11.6 Å². The first kappa shape index (κ1) is 14.8. The molecule has 0 aromatic heterocycles. The summed E-state index contributed by atoms with van der Waals surface area (Å²) >= 11 is 6.30. The van der Waals surface area contributed by atoms with E-state index in [1.807, 2.05) is 0 Å². The first-order valence-corrected chi connectivity index (χ1v) is 7.81. The molecule has 0 saturated carbocycles. The van der Waals surface area contributed by atoms with Crippen molar-refractivity contribution in [2.75, 3.05) is 26.2 Å². The highest BCUT2D eigenvalue weighted by molar-refractivity contribution is 6.31. The maximum atomic E-state index is 6.30. The lowest BCUT2D eigenvalue weighted by Gasteiger charge is -2.35. The highest BCUT2D eigenvalue weighted by atomic mass is 35.5. The summed E-state index contributed by atoms with van der Waals surface area (Å²) in [4.78, 5) is 2.60. The van der Waals surface area contributed by atoms with E-state index in [4.69, 9.17) is 11.6 Å². The highest BCUT2D eigenvalue weighted by Crippen LogP contribution is 2.29. The second kappa shape index (κ2) is 7.28. The molecule has 19 heavy (non-hydrogen) atoms. The van der Waals surface area contributed by atoms with Crippen LogP contribution >= 0.6 is 11.6 Å². The Hall–Kier alpha value is -0.570. The van der Waals surface area contributed by atoms with Gasteiger partial charge in [0, 0.05) is 37.2 Å². The Balaban J connectivity index is 2.17. The first-order valence-electron chi connectivity index (χ1n) is 7.43. The van der Waals surface area contributed by atoms with Gasteiger partial charge in [0.1, 0.15) is 0 Å². The van der Waals surface area contributed by atoms with Crippen LogP contribution in [-0.2, 0) is 0 Å². The molecular formula is C16H25ClN2. The zero-order valence-electron chi connectivity index (χ0n) is 12.1. The van der Waals surface area contributed by atoms with E-state index in [0.29, 0.717) is 6.04 Å². The number of unbranched alkanes of at least 4 members (excludes halogenated alkanes) is 1. The summed E-state index contributed by atoms with van der Waals surface area (Å²) in [6, 6.07) is 7.10. The van der Waals surface area contributed by atoms with Gasteiger partial charge in [-0.3, -0.25) is 4.90 Å². The molecule has 1 N–H and O–H groups in total. The van der Waals surface area contributed by atoms with Gasteiger partial charge in [0.2, 0.25) is 0 Å². The van der Waals surface area contributed by atoms with Crippen LogP contribution in [0.2, 0.25) is 5.02 Å². The summed E-state index contributed by atoms with van der Waals surface area (Å²) in [5.74, 6) is 0. The van der Waals surface area contributed by atoms with Crippen LogP contribution in [0.25, 0.3) is 0 Å². The summed E-state index contributed by atoms with van der Waals surface area (Å²) in [6.45, 7) is 8.80. The van der Waals surface area contributed by atoms with Crippen LogP contribution in [0.1, 0.15) is 43.4 Å². The predicted octanol–water partition coefficient (Wildman–Crippen LogP) is 3.78. The number of piperazine rings is 1. The van der Waals surface area contributed by atoms with Crippen LogP contribution in [0.15, 0.2) is 18.2 Å². The monoisotopic (exact) mass is 280 g/mol. The van der Waals surface area contributed by atoms with Gasteiger partial charge in [0.25, 0.3) is 0 Å². The van der Waals surface area contributed by atoms with Crippen molar-refractivity contribution in [3.63, 3.8) is 0 Å². The van der Waals surface area contributed by atoms with E-state index < -0.39 is 0 Å². The summed E-state index contributed by atoms with van der Waals surface area (Å²) in [5, 5.41) is 4.33. The number of nitrogens with one attached hydrogen (secondary N) is 1. The van der Waals surface area contributed by atoms with Crippen molar-refractivity contribution in [3.8, 4) is 0 Å². The Labute approximate surface area is 122 Å². The average molecular weight is 281 g/mol. The third kappa shape index (κ3) is 3.95. The van der Waals surface area contributed by atoms with Gasteiger partial charge in [-0.05, 0) is 30.5 Å². The minimum Gasteiger partial charge on any atom is -0.314 e. The molecule has 1 saturated heterocycles. The van der Waals surface area contributed by atoms with E-state index in [1.54, 1.807) is 0 Å². The molecule has 0 unspecified atom stereocenters. The molecule has 1 aromatic rings. The minimum atomic E-state index is 0.528. The van der Waals surface area contributed by atoms with Gasteiger partial charge in [-0.2, -0.15) is 0 Å². The van der Waals surface area contributed by atoms with Crippen LogP contribution in [-0.4, -0.2) is 31.1 Å². The topological polar surface area (TPSA) is 15.3 Å². The number of nitrogens with zero attached hydrogens (tertiary/aromatic N) is 1. The second-order valence-corrected chi connectivity index (χ2v) is 5.86. The summed E-state index contributed by atoms with van der Waals surface area (Å²) < 4.78 is 0. The Kier molecular flexibility index (Phi) is 5.68. The third-order valence-corrected chi connectivity index (χ3v) is 4.41. The third-order valence-electron chi connectivity index (χ3n) is 4.00. The lowest BCUT2D eigenvalue weighted by atomic mass is 9.98. The van der Waals surface area contributed by atoms with E-state index in [1.165, 1.54) is 30.4 Å². The SMILES string of the molecule is CCCC[C@@H](c1ccc(C)c(Cl)c1)N1CCNCC1. The Morgan fingerprint density at radius 3 is 2.68 bits per heavy atom. The molecule has 0 radical (unpaired) electrons. The summed E-state index contributed by atoms with van der Waals surface area (Å²) in [7, 11) is 0. The Bertz CT molecular complexity index is 400. The minimum absolute atomic E-state index is 0.528. The summed E-state index contributed by atoms with van der Waals surface area (Å²) in [6.07, 6.45) is 3.76. The molecule has 1 fully saturated rings. The first-order chi connectivity index (χ1) is 9.22. The zero-order valence-corrected chi connectivity index (χ0v) is 12.8. The van der Waals surface area contributed by atoms with Gasteiger partial charge in [-0.15, -0.1) is 0 Å². The lowest BCUT2D eigenvalue weighted by Crippen LogP contribution is -2.45. The smallest absolute Gasteiger partial charge is 0.0438 e. The highest BCUT2D eigenvalue weighted by Gasteiger charge is 2.21. The van der Waals surface area contributed by atoms with E-state index in [2.05, 4.69) is 42.3 Å². The Morgan fingerprint density at radius 2 is 2.05 bits per heavy atom. The van der Waals surface area contributed by atoms with Gasteiger partial charge in [0.15, 0.2) is 0 Å². The molecule has 0 bridgehead atoms. The van der Waals surface area contributed by atoms with Crippen molar-refractivity contribution in [2.24, 2.45) is 0 Å². The van der Waals surface area contributed by atoms with Crippen molar-refractivity contribution in [1.29, 1.82) is 0 Å². The fourth-order valence-corrected chi connectivity index (χ4v) is 2.96. The van der Waals surface area contributed by atoms with Gasteiger partial charge >= 0.3 is 0 Å². The van der Waals surface area contributed by atoms with Crippen molar-refractivity contribution < 1.29 is 0 Å². The van der Waals surface area contributed by atoms with Gasteiger partial charge < -0.3 is 5.32 Å². The van der Waals surface area contributed by atoms with Crippen LogP contribution in [0.3, 0.4) is 0 Å². The van der Waals surface area contributed by atoms with Gasteiger partial charge in [0.05, 0.1) is 0 Å². The standard InChI is InChI=1S/C16H25ClN2/c1-3-4-5-16(19-10-8-18-9-11-19)14-7-6-13(2)15(17)12-14/h6-7,12,16,18H,3-5,8-11H2,1-2H3/t16-/m0/s1. The number of aryl methyl sites for hydroxylation is 1.